The molecule has 0 aliphatic heterocycles. The van der Waals surface area contributed by atoms with Crippen LogP contribution in [0.3, 0.4) is 0 Å². The van der Waals surface area contributed by atoms with Gasteiger partial charge in [-0.25, -0.2) is 4.31 Å². The molecule has 0 saturated carbocycles. The summed E-state index contributed by atoms with van der Waals surface area (Å²) in [6, 6.07) is 18.7. The highest BCUT2D eigenvalue weighted by Gasteiger charge is 2.35. The predicted molar refractivity (Wildman–Crippen MR) is 175 cm³/mol. The highest BCUT2D eigenvalue weighted by atomic mass is 35.5. The number of carbonyl (C=O) groups is 2. The predicted octanol–water partition coefficient (Wildman–Crippen LogP) is 5.78. The number of aryl methyl sites for hydroxylation is 2. The van der Waals surface area contributed by atoms with E-state index in [4.69, 9.17) is 23.2 Å². The van der Waals surface area contributed by atoms with Crippen LogP contribution < -0.4 is 9.62 Å². The molecule has 232 valence electrons. The first-order chi connectivity index (χ1) is 20.2. The zero-order valence-corrected chi connectivity index (χ0v) is 27.8. The van der Waals surface area contributed by atoms with E-state index in [-0.39, 0.29) is 24.9 Å². The van der Waals surface area contributed by atoms with Gasteiger partial charge in [0.15, 0.2) is 0 Å². The number of halogens is 2. The summed E-state index contributed by atoms with van der Waals surface area (Å²) in [4.78, 5) is 29.7. The molecule has 0 radical (unpaired) electrons. The van der Waals surface area contributed by atoms with Crippen molar-refractivity contribution in [1.29, 1.82) is 0 Å². The van der Waals surface area contributed by atoms with Crippen molar-refractivity contribution >= 4 is 50.9 Å². The SMILES string of the molecule is CC[C@@H](C)NC(=O)[C@H](Cc1ccccc1)N(Cc1ccc(Cl)cc1Cl)C(=O)CN(c1cc(C)ccc1C)S(=O)(=O)N(C)C. The quantitative estimate of drug-likeness (QED) is 0.255. The van der Waals surface area contributed by atoms with Gasteiger partial charge < -0.3 is 10.2 Å². The number of nitrogens with one attached hydrogen (secondary N) is 1. The van der Waals surface area contributed by atoms with Crippen LogP contribution in [-0.2, 0) is 32.8 Å². The van der Waals surface area contributed by atoms with E-state index in [1.54, 1.807) is 31.2 Å². The lowest BCUT2D eigenvalue weighted by atomic mass is 10.0. The Morgan fingerprint density at radius 2 is 1.63 bits per heavy atom. The third-order valence-electron chi connectivity index (χ3n) is 7.28. The monoisotopic (exact) mass is 646 g/mol. The molecule has 0 unspecified atom stereocenters. The molecule has 0 fully saturated rings. The first-order valence-corrected chi connectivity index (χ1v) is 16.2. The fourth-order valence-corrected chi connectivity index (χ4v) is 6.10. The first-order valence-electron chi connectivity index (χ1n) is 14.1. The molecule has 3 aromatic rings. The summed E-state index contributed by atoms with van der Waals surface area (Å²) in [5.41, 5.74) is 3.33. The highest BCUT2D eigenvalue weighted by molar-refractivity contribution is 7.90. The Morgan fingerprint density at radius 3 is 2.23 bits per heavy atom. The smallest absolute Gasteiger partial charge is 0.304 e. The maximum absolute atomic E-state index is 14.4. The number of anilines is 1. The van der Waals surface area contributed by atoms with Gasteiger partial charge in [0.25, 0.3) is 0 Å². The van der Waals surface area contributed by atoms with E-state index in [9.17, 15) is 18.0 Å². The summed E-state index contributed by atoms with van der Waals surface area (Å²) < 4.78 is 29.5. The largest absolute Gasteiger partial charge is 0.352 e. The minimum Gasteiger partial charge on any atom is -0.352 e. The lowest BCUT2D eigenvalue weighted by Crippen LogP contribution is -2.55. The zero-order valence-electron chi connectivity index (χ0n) is 25.5. The van der Waals surface area contributed by atoms with Gasteiger partial charge in [-0.05, 0) is 67.6 Å². The zero-order chi connectivity index (χ0) is 31.9. The number of carbonyl (C=O) groups excluding carboxylic acids is 2. The van der Waals surface area contributed by atoms with Crippen LogP contribution in [0.2, 0.25) is 10.0 Å². The average Bonchev–Trinajstić information content (AvgIpc) is 2.96. The number of hydrogen-bond acceptors (Lipinski definition) is 4. The van der Waals surface area contributed by atoms with E-state index in [2.05, 4.69) is 5.32 Å². The van der Waals surface area contributed by atoms with Crippen molar-refractivity contribution in [3.05, 3.63) is 99.0 Å². The Bertz CT molecular complexity index is 1530. The Labute approximate surface area is 265 Å². The van der Waals surface area contributed by atoms with Crippen LogP contribution in [-0.4, -0.2) is 62.2 Å². The van der Waals surface area contributed by atoms with E-state index >= 15 is 0 Å². The number of nitrogens with zero attached hydrogens (tertiary/aromatic N) is 3. The third-order valence-corrected chi connectivity index (χ3v) is 9.67. The van der Waals surface area contributed by atoms with Crippen molar-refractivity contribution in [3.8, 4) is 0 Å². The molecule has 3 aromatic carbocycles. The van der Waals surface area contributed by atoms with Crippen LogP contribution in [0.1, 0.15) is 42.5 Å². The summed E-state index contributed by atoms with van der Waals surface area (Å²) in [7, 11) is -1.26. The summed E-state index contributed by atoms with van der Waals surface area (Å²) >= 11 is 12.7. The van der Waals surface area contributed by atoms with Crippen molar-refractivity contribution in [2.75, 3.05) is 24.9 Å². The topological polar surface area (TPSA) is 90.0 Å². The van der Waals surface area contributed by atoms with Crippen LogP contribution in [0.25, 0.3) is 0 Å². The van der Waals surface area contributed by atoms with Crippen molar-refractivity contribution < 1.29 is 18.0 Å². The number of hydrogen-bond donors (Lipinski definition) is 1. The Balaban J connectivity index is 2.16. The number of rotatable bonds is 13. The third kappa shape index (κ3) is 8.95. The van der Waals surface area contributed by atoms with Crippen molar-refractivity contribution in [1.82, 2.24) is 14.5 Å². The van der Waals surface area contributed by atoms with Gasteiger partial charge in [0.05, 0.1) is 5.69 Å². The molecule has 0 heterocycles. The van der Waals surface area contributed by atoms with Gasteiger partial charge in [0, 0.05) is 43.1 Å². The van der Waals surface area contributed by atoms with Crippen LogP contribution in [0.15, 0.2) is 66.7 Å². The van der Waals surface area contributed by atoms with Gasteiger partial charge in [-0.3, -0.25) is 9.59 Å². The average molecular weight is 648 g/mol. The fraction of sp³-hybridized carbons (Fsp3) is 0.375. The van der Waals surface area contributed by atoms with Crippen LogP contribution in [0.4, 0.5) is 5.69 Å². The Morgan fingerprint density at radius 1 is 0.953 bits per heavy atom. The van der Waals surface area contributed by atoms with E-state index in [1.807, 2.05) is 63.2 Å². The molecule has 2 amide bonds. The second kappa shape index (κ2) is 15.1. The lowest BCUT2D eigenvalue weighted by Gasteiger charge is -2.35. The number of amides is 2. The minimum absolute atomic E-state index is 0.0388. The molecule has 0 aliphatic carbocycles. The second-order valence-electron chi connectivity index (χ2n) is 10.9. The summed E-state index contributed by atoms with van der Waals surface area (Å²) in [6.45, 7) is 6.93. The Kier molecular flexibility index (Phi) is 12.0. The van der Waals surface area contributed by atoms with E-state index in [0.29, 0.717) is 33.3 Å². The molecular weight excluding hydrogens is 607 g/mol. The summed E-state index contributed by atoms with van der Waals surface area (Å²) in [5.74, 6) is -0.900. The molecular formula is C32H40Cl2N4O4S. The highest BCUT2D eigenvalue weighted by Crippen LogP contribution is 2.28. The van der Waals surface area contributed by atoms with Gasteiger partial charge in [-0.15, -0.1) is 0 Å². The van der Waals surface area contributed by atoms with Crippen LogP contribution >= 0.6 is 23.2 Å². The first kappa shape index (κ1) is 34.4. The van der Waals surface area contributed by atoms with E-state index in [0.717, 1.165) is 19.7 Å². The maximum atomic E-state index is 14.4. The lowest BCUT2D eigenvalue weighted by molar-refractivity contribution is -0.140. The van der Waals surface area contributed by atoms with Gasteiger partial charge in [0.1, 0.15) is 12.6 Å². The normalized spacial score (nSPS) is 13.0. The molecule has 11 heteroatoms. The molecule has 8 nitrogen and oxygen atoms in total. The summed E-state index contributed by atoms with van der Waals surface area (Å²) in [6.07, 6.45) is 0.909. The van der Waals surface area contributed by atoms with E-state index in [1.165, 1.54) is 19.0 Å². The van der Waals surface area contributed by atoms with Crippen LogP contribution in [0.5, 0.6) is 0 Å². The van der Waals surface area contributed by atoms with Gasteiger partial charge >= 0.3 is 10.2 Å². The summed E-state index contributed by atoms with van der Waals surface area (Å²) in [5, 5.41) is 3.78. The van der Waals surface area contributed by atoms with Crippen molar-refractivity contribution in [3.63, 3.8) is 0 Å². The molecule has 0 saturated heterocycles. The second-order valence-corrected chi connectivity index (χ2v) is 13.8. The maximum Gasteiger partial charge on any atom is 0.304 e. The molecule has 1 N–H and O–H groups in total. The molecule has 43 heavy (non-hydrogen) atoms. The van der Waals surface area contributed by atoms with Crippen molar-refractivity contribution in [2.24, 2.45) is 0 Å². The molecule has 0 aliphatic rings. The van der Waals surface area contributed by atoms with Crippen molar-refractivity contribution in [2.45, 2.75) is 59.2 Å². The molecule has 2 atom stereocenters. The minimum atomic E-state index is -4.10. The van der Waals surface area contributed by atoms with Crippen LogP contribution in [0, 0.1) is 13.8 Å². The fourth-order valence-electron chi connectivity index (χ4n) is 4.52. The van der Waals surface area contributed by atoms with Gasteiger partial charge in [-0.1, -0.05) is 78.7 Å². The Hall–Kier alpha value is -3.11. The molecule has 0 aromatic heterocycles. The van der Waals surface area contributed by atoms with Gasteiger partial charge in [0.2, 0.25) is 11.8 Å². The van der Waals surface area contributed by atoms with E-state index < -0.39 is 28.7 Å². The molecule has 3 rings (SSSR count). The van der Waals surface area contributed by atoms with Gasteiger partial charge in [-0.2, -0.15) is 12.7 Å². The molecule has 0 spiro atoms. The standard InChI is InChI=1S/C32H40Cl2N4O4S/c1-7-24(4)35-32(40)30(18-25-11-9-8-10-12-25)37(20-26-15-16-27(33)19-28(26)34)31(39)21-38(43(41,42)36(5)6)29-17-22(2)13-14-23(29)3/h8-17,19,24,30H,7,18,20-21H2,1-6H3,(H,35,40)/t24-,30+/m1/s1. The number of benzene rings is 3. The molecule has 0 bridgehead atoms.